The fourth-order valence-electron chi connectivity index (χ4n) is 1.96. The van der Waals surface area contributed by atoms with E-state index in [2.05, 4.69) is 5.32 Å². The number of amides is 1. The number of sulfonamides is 1. The Bertz CT molecular complexity index is 773. The summed E-state index contributed by atoms with van der Waals surface area (Å²) >= 11 is 0. The maximum Gasteiger partial charge on any atom is 0.241 e. The molecule has 0 aliphatic rings. The number of nitrogens with two attached hydrogens (primary N) is 1. The van der Waals surface area contributed by atoms with Gasteiger partial charge in [-0.1, -0.05) is 30.3 Å². The van der Waals surface area contributed by atoms with E-state index >= 15 is 0 Å². The first kappa shape index (κ1) is 16.0. The van der Waals surface area contributed by atoms with Gasteiger partial charge in [0.2, 0.25) is 15.9 Å². The highest BCUT2D eigenvalue weighted by Crippen LogP contribution is 2.26. The smallest absolute Gasteiger partial charge is 0.241 e. The molecule has 0 atom stereocenters. The van der Waals surface area contributed by atoms with Crippen LogP contribution < -0.4 is 15.2 Å². The monoisotopic (exact) mass is 320 g/mol. The first-order valence-electron chi connectivity index (χ1n) is 6.45. The molecule has 0 aliphatic carbocycles. The molecular weight excluding hydrogens is 304 g/mol. The Labute approximate surface area is 129 Å². The number of carbonyl (C=O) groups excluding carboxylic acids is 1. The summed E-state index contributed by atoms with van der Waals surface area (Å²) in [6, 6.07) is 13.5. The highest BCUT2D eigenvalue weighted by atomic mass is 32.2. The maximum atomic E-state index is 12.0. The minimum atomic E-state index is -3.94. The first-order chi connectivity index (χ1) is 10.4. The van der Waals surface area contributed by atoms with Crippen molar-refractivity contribution < 1.29 is 17.9 Å². The van der Waals surface area contributed by atoms with Crippen LogP contribution in [0.2, 0.25) is 0 Å². The number of primary sulfonamides is 1. The fourth-order valence-corrected chi connectivity index (χ4v) is 2.69. The number of carbonyl (C=O) groups is 1. The minimum absolute atomic E-state index is 0.128. The summed E-state index contributed by atoms with van der Waals surface area (Å²) in [6.07, 6.45) is 0.192. The van der Waals surface area contributed by atoms with E-state index in [0.717, 1.165) is 5.56 Å². The van der Waals surface area contributed by atoms with Gasteiger partial charge >= 0.3 is 0 Å². The van der Waals surface area contributed by atoms with Crippen molar-refractivity contribution in [2.24, 2.45) is 5.14 Å². The van der Waals surface area contributed by atoms with E-state index in [4.69, 9.17) is 9.88 Å². The zero-order chi connectivity index (χ0) is 16.2. The molecule has 2 aromatic carbocycles. The van der Waals surface area contributed by atoms with Crippen LogP contribution in [0.25, 0.3) is 0 Å². The van der Waals surface area contributed by atoms with E-state index in [1.165, 1.54) is 19.2 Å². The Balaban J connectivity index is 2.18. The third-order valence-electron chi connectivity index (χ3n) is 2.96. The molecule has 0 fully saturated rings. The summed E-state index contributed by atoms with van der Waals surface area (Å²) in [7, 11) is -2.59. The van der Waals surface area contributed by atoms with Crippen molar-refractivity contribution in [3.8, 4) is 5.75 Å². The van der Waals surface area contributed by atoms with Gasteiger partial charge in [-0.05, 0) is 23.8 Å². The molecule has 0 spiro atoms. The molecule has 3 N–H and O–H groups in total. The molecule has 22 heavy (non-hydrogen) atoms. The van der Waals surface area contributed by atoms with Crippen molar-refractivity contribution in [3.05, 3.63) is 54.1 Å². The molecule has 2 aromatic rings. The molecule has 0 unspecified atom stereocenters. The van der Waals surface area contributed by atoms with E-state index in [1.54, 1.807) is 6.07 Å². The zero-order valence-electron chi connectivity index (χ0n) is 11.9. The lowest BCUT2D eigenvalue weighted by Gasteiger charge is -2.10. The van der Waals surface area contributed by atoms with E-state index in [0.29, 0.717) is 5.69 Å². The Morgan fingerprint density at radius 1 is 1.18 bits per heavy atom. The van der Waals surface area contributed by atoms with Gasteiger partial charge in [-0.3, -0.25) is 4.79 Å². The van der Waals surface area contributed by atoms with Crippen LogP contribution in [0.5, 0.6) is 5.75 Å². The Hall–Kier alpha value is -2.38. The molecule has 0 bridgehead atoms. The molecule has 116 valence electrons. The minimum Gasteiger partial charge on any atom is -0.495 e. The van der Waals surface area contributed by atoms with Crippen molar-refractivity contribution in [1.29, 1.82) is 0 Å². The molecule has 7 heteroatoms. The van der Waals surface area contributed by atoms with Crippen LogP contribution in [-0.2, 0) is 21.2 Å². The summed E-state index contributed by atoms with van der Waals surface area (Å²) in [6.45, 7) is 0. The normalized spacial score (nSPS) is 11.0. The number of nitrogens with one attached hydrogen (secondary N) is 1. The van der Waals surface area contributed by atoms with E-state index in [-0.39, 0.29) is 23.0 Å². The molecule has 2 rings (SSSR count). The number of benzene rings is 2. The van der Waals surface area contributed by atoms with Gasteiger partial charge in [0.15, 0.2) is 0 Å². The molecule has 0 saturated heterocycles. The third kappa shape index (κ3) is 4.06. The van der Waals surface area contributed by atoms with Gasteiger partial charge in [0.25, 0.3) is 0 Å². The first-order valence-corrected chi connectivity index (χ1v) is 7.99. The summed E-state index contributed by atoms with van der Waals surface area (Å²) < 4.78 is 28.0. The number of hydrogen-bond donors (Lipinski definition) is 2. The second-order valence-electron chi connectivity index (χ2n) is 4.62. The molecule has 6 nitrogen and oxygen atoms in total. The molecule has 0 aliphatic heterocycles. The molecular formula is C15H16N2O4S. The molecule has 1 amide bonds. The van der Waals surface area contributed by atoms with Gasteiger partial charge in [-0.2, -0.15) is 0 Å². The van der Waals surface area contributed by atoms with Crippen LogP contribution in [-0.4, -0.2) is 21.4 Å². The van der Waals surface area contributed by atoms with Crippen LogP contribution in [0.3, 0.4) is 0 Å². The van der Waals surface area contributed by atoms with E-state index < -0.39 is 10.0 Å². The Morgan fingerprint density at radius 2 is 1.86 bits per heavy atom. The van der Waals surface area contributed by atoms with E-state index in [9.17, 15) is 13.2 Å². The van der Waals surface area contributed by atoms with Gasteiger partial charge in [0.05, 0.1) is 13.5 Å². The Morgan fingerprint density at radius 3 is 2.45 bits per heavy atom. The van der Waals surface area contributed by atoms with Crippen LogP contribution in [0.4, 0.5) is 5.69 Å². The van der Waals surface area contributed by atoms with E-state index in [1.807, 2.05) is 30.3 Å². The lowest BCUT2D eigenvalue weighted by molar-refractivity contribution is -0.115. The molecule has 0 heterocycles. The second kappa shape index (κ2) is 6.59. The number of methoxy groups -OCH3 is 1. The van der Waals surface area contributed by atoms with Crippen LogP contribution >= 0.6 is 0 Å². The Kier molecular flexibility index (Phi) is 4.79. The number of ether oxygens (including phenoxy) is 1. The number of anilines is 1. The molecule has 0 saturated carbocycles. The highest BCUT2D eigenvalue weighted by molar-refractivity contribution is 7.89. The highest BCUT2D eigenvalue weighted by Gasteiger charge is 2.16. The number of hydrogen-bond acceptors (Lipinski definition) is 4. The van der Waals surface area contributed by atoms with Gasteiger partial charge in [0, 0.05) is 5.69 Å². The van der Waals surface area contributed by atoms with Crippen molar-refractivity contribution in [3.63, 3.8) is 0 Å². The largest absolute Gasteiger partial charge is 0.495 e. The maximum absolute atomic E-state index is 12.0. The van der Waals surface area contributed by atoms with Gasteiger partial charge in [-0.25, -0.2) is 13.6 Å². The van der Waals surface area contributed by atoms with Crippen molar-refractivity contribution in [1.82, 2.24) is 0 Å². The van der Waals surface area contributed by atoms with Crippen LogP contribution in [0.1, 0.15) is 5.56 Å². The zero-order valence-corrected chi connectivity index (χ0v) is 12.8. The lowest BCUT2D eigenvalue weighted by Crippen LogP contribution is -2.17. The van der Waals surface area contributed by atoms with Crippen molar-refractivity contribution in [2.75, 3.05) is 12.4 Å². The topological polar surface area (TPSA) is 98.5 Å². The summed E-state index contributed by atoms with van der Waals surface area (Å²) in [5.41, 5.74) is 1.20. The summed E-state index contributed by atoms with van der Waals surface area (Å²) in [4.78, 5) is 11.8. The lowest BCUT2D eigenvalue weighted by atomic mass is 10.1. The van der Waals surface area contributed by atoms with Gasteiger partial charge in [0.1, 0.15) is 10.6 Å². The number of rotatable bonds is 5. The van der Waals surface area contributed by atoms with Crippen molar-refractivity contribution >= 4 is 21.6 Å². The van der Waals surface area contributed by atoms with Crippen LogP contribution in [0.15, 0.2) is 53.4 Å². The standard InChI is InChI=1S/C15H16N2O4S/c1-21-13-8-7-12(10-14(13)22(16,19)20)17-15(18)9-11-5-3-2-4-6-11/h2-8,10H,9H2,1H3,(H,17,18)(H2,16,19,20). The second-order valence-corrected chi connectivity index (χ2v) is 6.15. The predicted molar refractivity (Wildman–Crippen MR) is 83.1 cm³/mol. The van der Waals surface area contributed by atoms with Crippen molar-refractivity contribution in [2.45, 2.75) is 11.3 Å². The average Bonchev–Trinajstić information content (AvgIpc) is 2.47. The quantitative estimate of drug-likeness (QED) is 0.872. The SMILES string of the molecule is COc1ccc(NC(=O)Cc2ccccc2)cc1S(N)(=O)=O. The fraction of sp³-hybridized carbons (Fsp3) is 0.133. The van der Waals surface area contributed by atoms with Gasteiger partial charge < -0.3 is 10.1 Å². The summed E-state index contributed by atoms with van der Waals surface area (Å²) in [5, 5.41) is 7.78. The third-order valence-corrected chi connectivity index (χ3v) is 3.89. The average molecular weight is 320 g/mol. The molecule has 0 aromatic heterocycles. The molecule has 0 radical (unpaired) electrons. The van der Waals surface area contributed by atoms with Crippen LogP contribution in [0, 0.1) is 0 Å². The van der Waals surface area contributed by atoms with Gasteiger partial charge in [-0.15, -0.1) is 0 Å². The summed E-state index contributed by atoms with van der Waals surface area (Å²) in [5.74, 6) is -0.125. The predicted octanol–water partition coefficient (Wildman–Crippen LogP) is 1.52.